The molecule has 9 heteroatoms. The summed E-state index contributed by atoms with van der Waals surface area (Å²) in [5, 5.41) is 15.9. The van der Waals surface area contributed by atoms with Gasteiger partial charge in [0.1, 0.15) is 11.8 Å². The molecule has 0 aliphatic heterocycles. The van der Waals surface area contributed by atoms with Crippen LogP contribution in [-0.2, 0) is 25.0 Å². The quantitative estimate of drug-likeness (QED) is 0.310. The zero-order valence-electron chi connectivity index (χ0n) is 20.9. The molecule has 5 aromatic rings. The van der Waals surface area contributed by atoms with E-state index >= 15 is 0 Å². The predicted octanol–water partition coefficient (Wildman–Crippen LogP) is 5.28. The average molecular weight is 503 g/mol. The third-order valence-corrected chi connectivity index (χ3v) is 7.12. The number of pyridine rings is 1. The number of thiophene rings is 1. The molecule has 1 aromatic carbocycles. The molecular weight excluding hydrogens is 472 g/mol. The molecule has 1 atom stereocenters. The molecule has 1 N–H and O–H groups in total. The number of aromatic nitrogens is 5. The van der Waals surface area contributed by atoms with Crippen LogP contribution in [0, 0.1) is 0 Å². The lowest BCUT2D eigenvalue weighted by atomic mass is 10.0. The van der Waals surface area contributed by atoms with Crippen LogP contribution >= 0.6 is 11.3 Å². The van der Waals surface area contributed by atoms with Gasteiger partial charge in [0, 0.05) is 22.5 Å². The fraction of sp³-hybridized carbons (Fsp3) is 0.333. The summed E-state index contributed by atoms with van der Waals surface area (Å²) in [6, 6.07) is 15.6. The molecule has 0 amide bonds. The van der Waals surface area contributed by atoms with E-state index in [1.165, 1.54) is 10.4 Å². The van der Waals surface area contributed by atoms with E-state index < -0.39 is 6.04 Å². The van der Waals surface area contributed by atoms with Crippen molar-refractivity contribution < 1.29 is 4.42 Å². The molecule has 4 aromatic heterocycles. The largest absolute Gasteiger partial charge is 0.468 e. The van der Waals surface area contributed by atoms with Crippen molar-refractivity contribution >= 4 is 22.2 Å². The molecule has 36 heavy (non-hydrogen) atoms. The van der Waals surface area contributed by atoms with E-state index in [1.807, 2.05) is 35.0 Å². The Bertz CT molecular complexity index is 1460. The van der Waals surface area contributed by atoms with Crippen LogP contribution in [0.4, 0.5) is 0 Å². The first-order valence-electron chi connectivity index (χ1n) is 12.1. The van der Waals surface area contributed by atoms with Crippen LogP contribution in [0.3, 0.4) is 0 Å². The summed E-state index contributed by atoms with van der Waals surface area (Å²) in [6.07, 6.45) is 2.58. The summed E-state index contributed by atoms with van der Waals surface area (Å²) in [4.78, 5) is 20.1. The van der Waals surface area contributed by atoms with E-state index in [4.69, 9.17) is 4.42 Å². The van der Waals surface area contributed by atoms with Crippen molar-refractivity contribution in [1.82, 2.24) is 30.1 Å². The smallest absolute Gasteiger partial charge is 0.253 e. The summed E-state index contributed by atoms with van der Waals surface area (Å²) in [5.41, 5.74) is 2.08. The van der Waals surface area contributed by atoms with Crippen molar-refractivity contribution in [1.29, 1.82) is 0 Å². The highest BCUT2D eigenvalue weighted by molar-refractivity contribution is 7.09. The van der Waals surface area contributed by atoms with Gasteiger partial charge in [-0.1, -0.05) is 19.1 Å². The molecule has 0 unspecified atom stereocenters. The number of nitrogens with zero attached hydrogens (tertiary/aromatic N) is 5. The molecule has 0 aliphatic carbocycles. The van der Waals surface area contributed by atoms with E-state index in [0.717, 1.165) is 23.1 Å². The number of nitrogens with one attached hydrogen (secondary N) is 1. The fourth-order valence-corrected chi connectivity index (χ4v) is 5.21. The minimum Gasteiger partial charge on any atom is -0.468 e. The summed E-state index contributed by atoms with van der Waals surface area (Å²) < 4.78 is 7.55. The van der Waals surface area contributed by atoms with Crippen molar-refractivity contribution in [3.63, 3.8) is 0 Å². The van der Waals surface area contributed by atoms with Gasteiger partial charge in [-0.15, -0.1) is 16.4 Å². The summed E-state index contributed by atoms with van der Waals surface area (Å²) in [5.74, 6) is 1.42. The minimum absolute atomic E-state index is 0.157. The van der Waals surface area contributed by atoms with Gasteiger partial charge in [0.05, 0.1) is 18.3 Å². The lowest BCUT2D eigenvalue weighted by molar-refractivity contribution is 0.173. The Morgan fingerprint density at radius 2 is 2.00 bits per heavy atom. The van der Waals surface area contributed by atoms with E-state index in [-0.39, 0.29) is 11.1 Å². The summed E-state index contributed by atoms with van der Waals surface area (Å²) >= 11 is 1.68. The van der Waals surface area contributed by atoms with Crippen LogP contribution in [-0.4, -0.2) is 30.1 Å². The molecule has 0 bridgehead atoms. The second-order valence-corrected chi connectivity index (χ2v) is 10.9. The molecule has 4 heterocycles. The molecule has 0 saturated carbocycles. The number of fused-ring (bicyclic) bond motifs is 1. The average Bonchev–Trinajstić information content (AvgIpc) is 3.62. The number of hydrogen-bond donors (Lipinski definition) is 1. The Balaban J connectivity index is 1.73. The van der Waals surface area contributed by atoms with Gasteiger partial charge in [-0.25, -0.2) is 4.68 Å². The Morgan fingerprint density at radius 3 is 2.69 bits per heavy atom. The van der Waals surface area contributed by atoms with Gasteiger partial charge in [0.25, 0.3) is 5.56 Å². The molecular formula is C27H30N6O2S. The summed E-state index contributed by atoms with van der Waals surface area (Å²) in [6.45, 7) is 9.38. The van der Waals surface area contributed by atoms with Crippen LogP contribution in [0.1, 0.15) is 61.3 Å². The molecule has 0 saturated heterocycles. The maximum absolute atomic E-state index is 13.6. The van der Waals surface area contributed by atoms with Gasteiger partial charge in [0.15, 0.2) is 5.82 Å². The number of rotatable bonds is 8. The maximum Gasteiger partial charge on any atom is 0.253 e. The van der Waals surface area contributed by atoms with Crippen molar-refractivity contribution in [2.45, 2.75) is 58.8 Å². The first-order chi connectivity index (χ1) is 17.3. The first kappa shape index (κ1) is 24.1. The second-order valence-electron chi connectivity index (χ2n) is 9.91. The lowest BCUT2D eigenvalue weighted by Crippen LogP contribution is -2.37. The second kappa shape index (κ2) is 9.83. The Kier molecular flexibility index (Phi) is 6.59. The maximum atomic E-state index is 13.6. The van der Waals surface area contributed by atoms with E-state index in [0.29, 0.717) is 24.5 Å². The number of tetrazole rings is 1. The zero-order chi connectivity index (χ0) is 25.3. The molecule has 0 aliphatic rings. The summed E-state index contributed by atoms with van der Waals surface area (Å²) in [7, 11) is 0. The Morgan fingerprint density at radius 1 is 1.14 bits per heavy atom. The number of aromatic amines is 1. The highest BCUT2D eigenvalue weighted by atomic mass is 32.1. The van der Waals surface area contributed by atoms with Crippen LogP contribution < -0.4 is 5.56 Å². The SMILES string of the molecule is CCc1ccc2[nH]c(=O)c([C@H](c3nnnn3C(C)(C)C)N(Cc3ccco3)Cc3cccs3)cc2c1. The number of aryl methyl sites for hydroxylation is 1. The van der Waals surface area contributed by atoms with Gasteiger partial charge < -0.3 is 9.40 Å². The van der Waals surface area contributed by atoms with Crippen LogP contribution in [0.15, 0.2) is 69.4 Å². The number of hydrogen-bond acceptors (Lipinski definition) is 7. The first-order valence-corrected chi connectivity index (χ1v) is 12.9. The normalized spacial score (nSPS) is 13.0. The highest BCUT2D eigenvalue weighted by Gasteiger charge is 2.34. The van der Waals surface area contributed by atoms with Gasteiger partial charge >= 0.3 is 0 Å². The van der Waals surface area contributed by atoms with Crippen LogP contribution in [0.25, 0.3) is 10.9 Å². The third kappa shape index (κ3) is 4.89. The molecule has 0 radical (unpaired) electrons. The predicted molar refractivity (Wildman–Crippen MR) is 141 cm³/mol. The molecule has 8 nitrogen and oxygen atoms in total. The molecule has 0 fully saturated rings. The van der Waals surface area contributed by atoms with Crippen molar-refractivity contribution in [3.8, 4) is 0 Å². The topological polar surface area (TPSA) is 92.8 Å². The van der Waals surface area contributed by atoms with Gasteiger partial charge in [-0.05, 0) is 90.3 Å². The minimum atomic E-state index is -0.509. The standard InChI is InChI=1S/C27H30N6O2S/c1-5-18-10-11-23-19(14-18)15-22(26(34)28-23)24(25-29-30-31-33(25)27(2,3)4)32(16-20-8-6-12-35-20)17-21-9-7-13-36-21/h6-15,24H,5,16-17H2,1-4H3,(H,28,34)/t24-/m1/s1. The fourth-order valence-electron chi connectivity index (χ4n) is 4.48. The van der Waals surface area contributed by atoms with E-state index in [9.17, 15) is 4.79 Å². The van der Waals surface area contributed by atoms with Gasteiger partial charge in [-0.3, -0.25) is 9.69 Å². The van der Waals surface area contributed by atoms with Crippen LogP contribution in [0.2, 0.25) is 0 Å². The molecule has 186 valence electrons. The van der Waals surface area contributed by atoms with Gasteiger partial charge in [0.2, 0.25) is 0 Å². The lowest BCUT2D eigenvalue weighted by Gasteiger charge is -2.32. The highest BCUT2D eigenvalue weighted by Crippen LogP contribution is 2.32. The molecule has 5 rings (SSSR count). The Labute approximate surface area is 213 Å². The number of furan rings is 1. The number of benzene rings is 1. The van der Waals surface area contributed by atoms with Gasteiger partial charge in [-0.2, -0.15) is 0 Å². The zero-order valence-corrected chi connectivity index (χ0v) is 21.7. The van der Waals surface area contributed by atoms with Crippen molar-refractivity contribution in [2.75, 3.05) is 0 Å². The van der Waals surface area contributed by atoms with E-state index in [2.05, 4.69) is 76.7 Å². The third-order valence-electron chi connectivity index (χ3n) is 6.26. The number of H-pyrrole nitrogens is 1. The van der Waals surface area contributed by atoms with Crippen molar-refractivity contribution in [3.05, 3.63) is 98.1 Å². The molecule has 0 spiro atoms. The van der Waals surface area contributed by atoms with Crippen molar-refractivity contribution in [2.24, 2.45) is 0 Å². The Hall–Kier alpha value is -3.56. The van der Waals surface area contributed by atoms with Crippen LogP contribution in [0.5, 0.6) is 0 Å². The van der Waals surface area contributed by atoms with E-state index in [1.54, 1.807) is 17.6 Å². The monoisotopic (exact) mass is 502 g/mol.